The summed E-state index contributed by atoms with van der Waals surface area (Å²) in [5.41, 5.74) is 3.73. The van der Waals surface area contributed by atoms with Gasteiger partial charge in [0.1, 0.15) is 18.1 Å². The van der Waals surface area contributed by atoms with Crippen LogP contribution in [-0.4, -0.2) is 6.10 Å². The smallest absolute Gasteiger partial charge is 0.123 e. The van der Waals surface area contributed by atoms with Crippen molar-refractivity contribution in [3.05, 3.63) is 59.2 Å². The van der Waals surface area contributed by atoms with Gasteiger partial charge in [-0.2, -0.15) is 0 Å². The maximum absolute atomic E-state index is 5.87. The van der Waals surface area contributed by atoms with E-state index in [4.69, 9.17) is 9.47 Å². The van der Waals surface area contributed by atoms with E-state index in [1.807, 2.05) is 38.1 Å². The second kappa shape index (κ2) is 6.47. The second-order valence-electron chi connectivity index (χ2n) is 5.36. The Hall–Kier alpha value is -1.96. The van der Waals surface area contributed by atoms with Crippen molar-refractivity contribution in [3.8, 4) is 11.5 Å². The number of aryl methyl sites for hydroxylation is 2. The van der Waals surface area contributed by atoms with Crippen LogP contribution in [0.1, 0.15) is 30.5 Å². The van der Waals surface area contributed by atoms with E-state index in [2.05, 4.69) is 32.0 Å². The third-order valence-corrected chi connectivity index (χ3v) is 3.08. The zero-order valence-corrected chi connectivity index (χ0v) is 12.6. The van der Waals surface area contributed by atoms with Gasteiger partial charge in [-0.05, 0) is 51.0 Å². The van der Waals surface area contributed by atoms with Gasteiger partial charge in [0, 0.05) is 6.07 Å². The van der Waals surface area contributed by atoms with Crippen molar-refractivity contribution in [2.45, 2.75) is 40.4 Å². The molecule has 20 heavy (non-hydrogen) atoms. The lowest BCUT2D eigenvalue weighted by atomic mass is 10.1. The van der Waals surface area contributed by atoms with Crippen LogP contribution in [0.5, 0.6) is 11.5 Å². The fourth-order valence-electron chi connectivity index (χ4n) is 2.03. The van der Waals surface area contributed by atoms with Crippen LogP contribution in [0.4, 0.5) is 0 Å². The van der Waals surface area contributed by atoms with Gasteiger partial charge < -0.3 is 9.47 Å². The SMILES string of the molecule is Cc1ccc(C)c(COc2cccc(OC(C)C)c2)c1. The number of rotatable bonds is 5. The van der Waals surface area contributed by atoms with Crippen LogP contribution in [0.3, 0.4) is 0 Å². The van der Waals surface area contributed by atoms with Crippen LogP contribution in [0, 0.1) is 13.8 Å². The Bertz CT molecular complexity index is 573. The van der Waals surface area contributed by atoms with Crippen LogP contribution >= 0.6 is 0 Å². The molecule has 2 aromatic carbocycles. The summed E-state index contributed by atoms with van der Waals surface area (Å²) in [6.45, 7) is 8.82. The first-order chi connectivity index (χ1) is 9.54. The van der Waals surface area contributed by atoms with Gasteiger partial charge in [-0.3, -0.25) is 0 Å². The van der Waals surface area contributed by atoms with Crippen molar-refractivity contribution >= 4 is 0 Å². The van der Waals surface area contributed by atoms with E-state index in [-0.39, 0.29) is 6.10 Å². The molecular formula is C18H22O2. The molecule has 0 aliphatic heterocycles. The van der Waals surface area contributed by atoms with Crippen molar-refractivity contribution < 1.29 is 9.47 Å². The third kappa shape index (κ3) is 4.02. The molecule has 0 bridgehead atoms. The molecule has 0 radical (unpaired) electrons. The number of hydrogen-bond acceptors (Lipinski definition) is 2. The molecule has 0 saturated heterocycles. The van der Waals surface area contributed by atoms with E-state index >= 15 is 0 Å². The van der Waals surface area contributed by atoms with Crippen molar-refractivity contribution in [3.63, 3.8) is 0 Å². The zero-order valence-electron chi connectivity index (χ0n) is 12.6. The van der Waals surface area contributed by atoms with E-state index in [0.717, 1.165) is 11.5 Å². The highest BCUT2D eigenvalue weighted by molar-refractivity contribution is 5.34. The molecule has 2 nitrogen and oxygen atoms in total. The topological polar surface area (TPSA) is 18.5 Å². The summed E-state index contributed by atoms with van der Waals surface area (Å²) < 4.78 is 11.5. The molecule has 2 rings (SSSR count). The summed E-state index contributed by atoms with van der Waals surface area (Å²) in [5.74, 6) is 1.68. The molecule has 2 heteroatoms. The number of hydrogen-bond donors (Lipinski definition) is 0. The first kappa shape index (κ1) is 14.4. The third-order valence-electron chi connectivity index (χ3n) is 3.08. The van der Waals surface area contributed by atoms with Gasteiger partial charge in [-0.15, -0.1) is 0 Å². The molecule has 0 fully saturated rings. The molecule has 0 spiro atoms. The largest absolute Gasteiger partial charge is 0.491 e. The predicted octanol–water partition coefficient (Wildman–Crippen LogP) is 4.67. The summed E-state index contributed by atoms with van der Waals surface area (Å²) in [7, 11) is 0. The van der Waals surface area contributed by atoms with Crippen molar-refractivity contribution in [1.29, 1.82) is 0 Å². The zero-order chi connectivity index (χ0) is 14.5. The van der Waals surface area contributed by atoms with Crippen LogP contribution in [0.15, 0.2) is 42.5 Å². The molecule has 0 N–H and O–H groups in total. The lowest BCUT2D eigenvalue weighted by Crippen LogP contribution is -2.05. The molecule has 2 aromatic rings. The van der Waals surface area contributed by atoms with Gasteiger partial charge in [0.2, 0.25) is 0 Å². The van der Waals surface area contributed by atoms with E-state index in [1.54, 1.807) is 0 Å². The van der Waals surface area contributed by atoms with Gasteiger partial charge in [-0.1, -0.05) is 29.8 Å². The Morgan fingerprint density at radius 1 is 0.950 bits per heavy atom. The summed E-state index contributed by atoms with van der Waals surface area (Å²) in [6.07, 6.45) is 0.171. The maximum Gasteiger partial charge on any atom is 0.123 e. The van der Waals surface area contributed by atoms with Crippen molar-refractivity contribution in [1.82, 2.24) is 0 Å². The van der Waals surface area contributed by atoms with E-state index in [9.17, 15) is 0 Å². The number of ether oxygens (including phenoxy) is 2. The second-order valence-corrected chi connectivity index (χ2v) is 5.36. The minimum atomic E-state index is 0.171. The van der Waals surface area contributed by atoms with Crippen molar-refractivity contribution in [2.75, 3.05) is 0 Å². The normalized spacial score (nSPS) is 10.7. The van der Waals surface area contributed by atoms with Crippen LogP contribution in [0.25, 0.3) is 0 Å². The Labute approximate surface area is 121 Å². The average molecular weight is 270 g/mol. The highest BCUT2D eigenvalue weighted by Gasteiger charge is 2.03. The molecule has 0 heterocycles. The lowest BCUT2D eigenvalue weighted by Gasteiger charge is -2.13. The van der Waals surface area contributed by atoms with Crippen LogP contribution in [0.2, 0.25) is 0 Å². The fourth-order valence-corrected chi connectivity index (χ4v) is 2.03. The van der Waals surface area contributed by atoms with E-state index in [1.165, 1.54) is 16.7 Å². The average Bonchev–Trinajstić information content (AvgIpc) is 2.39. The monoisotopic (exact) mass is 270 g/mol. The Morgan fingerprint density at radius 3 is 2.45 bits per heavy atom. The molecule has 0 saturated carbocycles. The lowest BCUT2D eigenvalue weighted by molar-refractivity contribution is 0.239. The van der Waals surface area contributed by atoms with Crippen LogP contribution < -0.4 is 9.47 Å². The number of benzene rings is 2. The quantitative estimate of drug-likeness (QED) is 0.786. The van der Waals surface area contributed by atoms with Crippen LogP contribution in [-0.2, 0) is 6.61 Å². The van der Waals surface area contributed by atoms with Crippen molar-refractivity contribution in [2.24, 2.45) is 0 Å². The summed E-state index contributed by atoms with van der Waals surface area (Å²) in [4.78, 5) is 0. The molecule has 0 aliphatic carbocycles. The Morgan fingerprint density at radius 2 is 1.70 bits per heavy atom. The molecular weight excluding hydrogens is 248 g/mol. The van der Waals surface area contributed by atoms with Gasteiger partial charge >= 0.3 is 0 Å². The summed E-state index contributed by atoms with van der Waals surface area (Å²) >= 11 is 0. The fraction of sp³-hybridized carbons (Fsp3) is 0.333. The van der Waals surface area contributed by atoms with E-state index in [0.29, 0.717) is 6.61 Å². The molecule has 0 aromatic heterocycles. The molecule has 0 atom stereocenters. The highest BCUT2D eigenvalue weighted by atomic mass is 16.5. The standard InChI is InChI=1S/C18H22O2/c1-13(2)20-18-7-5-6-17(11-18)19-12-16-10-14(3)8-9-15(16)4/h5-11,13H,12H2,1-4H3. The molecule has 0 aliphatic rings. The highest BCUT2D eigenvalue weighted by Crippen LogP contribution is 2.22. The van der Waals surface area contributed by atoms with E-state index < -0.39 is 0 Å². The van der Waals surface area contributed by atoms with Gasteiger partial charge in [0.05, 0.1) is 6.10 Å². The first-order valence-electron chi connectivity index (χ1n) is 7.00. The Kier molecular flexibility index (Phi) is 4.67. The Balaban J connectivity index is 2.05. The summed E-state index contributed by atoms with van der Waals surface area (Å²) in [6, 6.07) is 14.2. The molecule has 106 valence electrons. The summed E-state index contributed by atoms with van der Waals surface area (Å²) in [5, 5.41) is 0. The first-order valence-corrected chi connectivity index (χ1v) is 7.00. The van der Waals surface area contributed by atoms with Gasteiger partial charge in [-0.25, -0.2) is 0 Å². The minimum absolute atomic E-state index is 0.171. The molecule has 0 unspecified atom stereocenters. The molecule has 0 amide bonds. The van der Waals surface area contributed by atoms with Gasteiger partial charge in [0.15, 0.2) is 0 Å². The van der Waals surface area contributed by atoms with Gasteiger partial charge in [0.25, 0.3) is 0 Å². The predicted molar refractivity (Wildman–Crippen MR) is 82.5 cm³/mol. The minimum Gasteiger partial charge on any atom is -0.491 e. The maximum atomic E-state index is 5.87.